The summed E-state index contributed by atoms with van der Waals surface area (Å²) < 4.78 is 15.1. The van der Waals surface area contributed by atoms with Crippen molar-refractivity contribution in [1.82, 2.24) is 9.36 Å². The Morgan fingerprint density at radius 3 is 2.33 bits per heavy atom. The molecular formula is C30H26ClN3O5. The molecule has 1 amide bonds. The van der Waals surface area contributed by atoms with Gasteiger partial charge in [-0.3, -0.25) is 19.1 Å². The van der Waals surface area contributed by atoms with Gasteiger partial charge in [0.25, 0.3) is 11.5 Å². The van der Waals surface area contributed by atoms with Gasteiger partial charge >= 0.3 is 0 Å². The summed E-state index contributed by atoms with van der Waals surface area (Å²) in [6, 6.07) is 19.4. The van der Waals surface area contributed by atoms with Crippen molar-refractivity contribution in [1.29, 1.82) is 0 Å². The fourth-order valence-corrected chi connectivity index (χ4v) is 4.51. The molecule has 0 saturated heterocycles. The average Bonchev–Trinajstić information content (AvgIpc) is 3.13. The SMILES string of the molecule is Cc1cc2oc(-c3ccc(Cl)cc3)c(OCC(=O)Nc3c(C)n(C)n(-c4ccccc4)c3=O)c(=O)c2cc1C. The average molecular weight is 544 g/mol. The lowest BCUT2D eigenvalue weighted by Gasteiger charge is -2.13. The third-order valence-electron chi connectivity index (χ3n) is 6.74. The Morgan fingerprint density at radius 2 is 1.64 bits per heavy atom. The number of rotatable bonds is 6. The van der Waals surface area contributed by atoms with E-state index < -0.39 is 17.9 Å². The molecule has 3 aromatic carbocycles. The summed E-state index contributed by atoms with van der Waals surface area (Å²) in [5.74, 6) is -0.514. The molecule has 0 spiro atoms. The number of aryl methyl sites for hydroxylation is 2. The molecule has 8 nitrogen and oxygen atoms in total. The molecule has 0 saturated carbocycles. The molecule has 0 aliphatic heterocycles. The number of carbonyl (C=O) groups excluding carboxylic acids is 1. The van der Waals surface area contributed by atoms with Gasteiger partial charge in [0.05, 0.1) is 16.8 Å². The molecule has 0 atom stereocenters. The van der Waals surface area contributed by atoms with Crippen LogP contribution in [0.15, 0.2) is 80.7 Å². The number of ether oxygens (including phenoxy) is 1. The van der Waals surface area contributed by atoms with Crippen LogP contribution in [0.3, 0.4) is 0 Å². The van der Waals surface area contributed by atoms with Crippen LogP contribution in [0.25, 0.3) is 28.0 Å². The second-order valence-corrected chi connectivity index (χ2v) is 9.74. The highest BCUT2D eigenvalue weighted by molar-refractivity contribution is 6.30. The lowest BCUT2D eigenvalue weighted by atomic mass is 10.0. The molecule has 0 bridgehead atoms. The van der Waals surface area contributed by atoms with Crippen LogP contribution in [0.2, 0.25) is 5.02 Å². The van der Waals surface area contributed by atoms with Crippen LogP contribution in [-0.4, -0.2) is 21.9 Å². The third kappa shape index (κ3) is 4.86. The summed E-state index contributed by atoms with van der Waals surface area (Å²) >= 11 is 6.06. The van der Waals surface area contributed by atoms with Crippen LogP contribution in [-0.2, 0) is 11.8 Å². The third-order valence-corrected chi connectivity index (χ3v) is 6.99. The number of hydrogen-bond acceptors (Lipinski definition) is 5. The minimum Gasteiger partial charge on any atom is -0.476 e. The van der Waals surface area contributed by atoms with E-state index in [9.17, 15) is 14.4 Å². The number of carbonyl (C=O) groups is 1. The summed E-state index contributed by atoms with van der Waals surface area (Å²) in [6.45, 7) is 5.06. The Kier molecular flexibility index (Phi) is 6.89. The Bertz CT molecular complexity index is 1830. The van der Waals surface area contributed by atoms with Crippen LogP contribution in [0, 0.1) is 20.8 Å². The fourth-order valence-electron chi connectivity index (χ4n) is 4.38. The predicted octanol–water partition coefficient (Wildman–Crippen LogP) is 5.55. The van der Waals surface area contributed by atoms with Gasteiger partial charge in [-0.15, -0.1) is 0 Å². The van der Waals surface area contributed by atoms with E-state index in [0.29, 0.717) is 32.9 Å². The first-order valence-electron chi connectivity index (χ1n) is 12.3. The summed E-state index contributed by atoms with van der Waals surface area (Å²) in [6.07, 6.45) is 0. The van der Waals surface area contributed by atoms with Gasteiger partial charge in [0.1, 0.15) is 11.3 Å². The molecule has 0 fully saturated rings. The Hall–Kier alpha value is -4.56. The molecule has 2 heterocycles. The van der Waals surface area contributed by atoms with Gasteiger partial charge in [-0.25, -0.2) is 4.68 Å². The minimum absolute atomic E-state index is 0.102. The maximum atomic E-state index is 13.5. The van der Waals surface area contributed by atoms with Crippen molar-refractivity contribution in [3.05, 3.63) is 109 Å². The van der Waals surface area contributed by atoms with Crippen molar-refractivity contribution in [3.63, 3.8) is 0 Å². The number of nitrogens with one attached hydrogen (secondary N) is 1. The van der Waals surface area contributed by atoms with Crippen LogP contribution >= 0.6 is 11.6 Å². The Balaban J connectivity index is 1.49. The second kappa shape index (κ2) is 10.3. The minimum atomic E-state index is -0.595. The predicted molar refractivity (Wildman–Crippen MR) is 152 cm³/mol. The van der Waals surface area contributed by atoms with Gasteiger partial charge in [0.2, 0.25) is 11.2 Å². The quantitative estimate of drug-likeness (QED) is 0.303. The van der Waals surface area contributed by atoms with Gasteiger partial charge in [-0.1, -0.05) is 29.8 Å². The first kappa shape index (κ1) is 26.1. The van der Waals surface area contributed by atoms with E-state index in [1.165, 1.54) is 4.68 Å². The number of hydrogen-bond donors (Lipinski definition) is 1. The number of amides is 1. The van der Waals surface area contributed by atoms with E-state index in [1.54, 1.807) is 67.2 Å². The normalized spacial score (nSPS) is 11.1. The molecule has 2 aromatic heterocycles. The standard InChI is InChI=1S/C30H26ClN3O5/c1-17-14-23-24(15-18(17)2)39-28(20-10-12-21(31)13-11-20)29(27(23)36)38-16-25(35)32-26-19(3)33(4)34(30(26)37)22-8-6-5-7-9-22/h5-15H,16H2,1-4H3,(H,32,35). The number of anilines is 1. The molecule has 0 aliphatic rings. The molecule has 0 unspecified atom stereocenters. The summed E-state index contributed by atoms with van der Waals surface area (Å²) in [7, 11) is 1.73. The van der Waals surface area contributed by atoms with Crippen molar-refractivity contribution in [2.45, 2.75) is 20.8 Å². The lowest BCUT2D eigenvalue weighted by Crippen LogP contribution is -2.26. The van der Waals surface area contributed by atoms with E-state index in [4.69, 9.17) is 20.8 Å². The molecule has 5 rings (SSSR count). The van der Waals surface area contributed by atoms with E-state index >= 15 is 0 Å². The highest BCUT2D eigenvalue weighted by Crippen LogP contribution is 2.32. The first-order valence-corrected chi connectivity index (χ1v) is 12.6. The number of para-hydroxylation sites is 1. The van der Waals surface area contributed by atoms with E-state index in [1.807, 2.05) is 32.0 Å². The van der Waals surface area contributed by atoms with Crippen molar-refractivity contribution < 1.29 is 13.9 Å². The van der Waals surface area contributed by atoms with E-state index in [2.05, 4.69) is 5.32 Å². The maximum absolute atomic E-state index is 13.5. The zero-order chi connectivity index (χ0) is 27.8. The molecule has 9 heteroatoms. The Morgan fingerprint density at radius 1 is 0.974 bits per heavy atom. The highest BCUT2D eigenvalue weighted by Gasteiger charge is 2.22. The van der Waals surface area contributed by atoms with Crippen LogP contribution < -0.4 is 21.0 Å². The monoisotopic (exact) mass is 543 g/mol. The molecule has 198 valence electrons. The number of benzene rings is 3. The molecule has 0 radical (unpaired) electrons. The molecular weight excluding hydrogens is 518 g/mol. The number of nitrogens with zero attached hydrogens (tertiary/aromatic N) is 2. The topological polar surface area (TPSA) is 95.5 Å². The van der Waals surface area contributed by atoms with E-state index in [-0.39, 0.29) is 22.8 Å². The second-order valence-electron chi connectivity index (χ2n) is 9.30. The summed E-state index contributed by atoms with van der Waals surface area (Å²) in [5, 5.41) is 3.52. The number of halogens is 1. The zero-order valence-electron chi connectivity index (χ0n) is 21.9. The Labute approximate surface area is 229 Å². The summed E-state index contributed by atoms with van der Waals surface area (Å²) in [4.78, 5) is 39.7. The van der Waals surface area contributed by atoms with Gasteiger partial charge in [0, 0.05) is 17.6 Å². The van der Waals surface area contributed by atoms with Crippen LogP contribution in [0.1, 0.15) is 16.8 Å². The maximum Gasteiger partial charge on any atom is 0.295 e. The first-order chi connectivity index (χ1) is 18.7. The van der Waals surface area contributed by atoms with Crippen molar-refractivity contribution in [3.8, 4) is 22.8 Å². The molecule has 1 N–H and O–H groups in total. The number of fused-ring (bicyclic) bond motifs is 1. The highest BCUT2D eigenvalue weighted by atomic mass is 35.5. The lowest BCUT2D eigenvalue weighted by molar-refractivity contribution is -0.118. The van der Waals surface area contributed by atoms with Gasteiger partial charge in [0.15, 0.2) is 12.4 Å². The molecule has 0 aliphatic carbocycles. The molecule has 39 heavy (non-hydrogen) atoms. The smallest absolute Gasteiger partial charge is 0.295 e. The largest absolute Gasteiger partial charge is 0.476 e. The molecule has 5 aromatic rings. The summed E-state index contributed by atoms with van der Waals surface area (Å²) in [5.41, 5.74) is 3.44. The van der Waals surface area contributed by atoms with Gasteiger partial charge in [-0.2, -0.15) is 0 Å². The van der Waals surface area contributed by atoms with Gasteiger partial charge < -0.3 is 14.5 Å². The van der Waals surface area contributed by atoms with Crippen molar-refractivity contribution >= 4 is 34.2 Å². The fraction of sp³-hybridized carbons (Fsp3) is 0.167. The van der Waals surface area contributed by atoms with Crippen LogP contribution in [0.4, 0.5) is 5.69 Å². The zero-order valence-corrected chi connectivity index (χ0v) is 22.6. The van der Waals surface area contributed by atoms with E-state index in [0.717, 1.165) is 11.1 Å². The van der Waals surface area contributed by atoms with Gasteiger partial charge in [-0.05, 0) is 80.4 Å². The van der Waals surface area contributed by atoms with Crippen molar-refractivity contribution in [2.75, 3.05) is 11.9 Å². The van der Waals surface area contributed by atoms with Crippen molar-refractivity contribution in [2.24, 2.45) is 7.05 Å². The number of aromatic nitrogens is 2. The van der Waals surface area contributed by atoms with Crippen LogP contribution in [0.5, 0.6) is 5.75 Å².